The molecule has 1 aliphatic carbocycles. The maximum absolute atomic E-state index is 12.9. The van der Waals surface area contributed by atoms with Crippen LogP contribution in [0.4, 0.5) is 4.79 Å². The van der Waals surface area contributed by atoms with Crippen LogP contribution in [0.5, 0.6) is 0 Å². The summed E-state index contributed by atoms with van der Waals surface area (Å²) in [6.07, 6.45) is 9.46. The van der Waals surface area contributed by atoms with Gasteiger partial charge >= 0.3 is 12.0 Å². The first kappa shape index (κ1) is 26.6. The Morgan fingerprint density at radius 2 is 1.67 bits per heavy atom. The molecule has 0 spiro atoms. The van der Waals surface area contributed by atoms with Crippen molar-refractivity contribution in [2.45, 2.75) is 82.7 Å². The SMILES string of the molecule is NCCCCC(NC(=O)N[C@H](CC1CCCCC1)C(=O)NCCCc1ccccc1)C(=O)O. The highest BCUT2D eigenvalue weighted by Crippen LogP contribution is 2.27. The third-order valence-corrected chi connectivity index (χ3v) is 6.25. The Bertz CT molecular complexity index is 722. The van der Waals surface area contributed by atoms with Crippen molar-refractivity contribution >= 4 is 17.9 Å². The number of carboxylic acid groups (broad SMARTS) is 1. The highest BCUT2D eigenvalue weighted by molar-refractivity contribution is 5.88. The van der Waals surface area contributed by atoms with Gasteiger partial charge < -0.3 is 26.8 Å². The molecule has 0 aliphatic heterocycles. The molecule has 3 amide bonds. The van der Waals surface area contributed by atoms with Gasteiger partial charge in [0, 0.05) is 6.54 Å². The summed E-state index contributed by atoms with van der Waals surface area (Å²) in [6.45, 7) is 1.00. The van der Waals surface area contributed by atoms with Gasteiger partial charge in [0.15, 0.2) is 0 Å². The lowest BCUT2D eigenvalue weighted by Crippen LogP contribution is -2.54. The Balaban J connectivity index is 1.88. The van der Waals surface area contributed by atoms with E-state index >= 15 is 0 Å². The van der Waals surface area contributed by atoms with Gasteiger partial charge in [0.25, 0.3) is 0 Å². The van der Waals surface area contributed by atoms with E-state index in [1.54, 1.807) is 0 Å². The Morgan fingerprint density at radius 1 is 0.970 bits per heavy atom. The molecule has 33 heavy (non-hydrogen) atoms. The summed E-state index contributed by atoms with van der Waals surface area (Å²) in [5, 5.41) is 17.6. The van der Waals surface area contributed by atoms with Crippen molar-refractivity contribution in [3.05, 3.63) is 35.9 Å². The van der Waals surface area contributed by atoms with E-state index in [0.29, 0.717) is 44.7 Å². The molecule has 0 radical (unpaired) electrons. The number of carbonyl (C=O) groups excluding carboxylic acids is 2. The molecule has 1 aromatic rings. The molecule has 184 valence electrons. The van der Waals surface area contributed by atoms with Gasteiger partial charge in [-0.25, -0.2) is 9.59 Å². The Labute approximate surface area is 197 Å². The number of nitrogens with one attached hydrogen (secondary N) is 3. The van der Waals surface area contributed by atoms with Gasteiger partial charge in [-0.1, -0.05) is 62.4 Å². The fourth-order valence-corrected chi connectivity index (χ4v) is 4.37. The number of nitrogens with two attached hydrogens (primary N) is 1. The van der Waals surface area contributed by atoms with E-state index in [-0.39, 0.29) is 5.91 Å². The minimum Gasteiger partial charge on any atom is -0.480 e. The minimum atomic E-state index is -1.09. The van der Waals surface area contributed by atoms with Crippen LogP contribution < -0.4 is 21.7 Å². The Hall–Kier alpha value is -2.61. The number of aryl methyl sites for hydroxylation is 1. The summed E-state index contributed by atoms with van der Waals surface area (Å²) in [5.41, 5.74) is 6.69. The normalized spacial score (nSPS) is 15.9. The second-order valence-electron chi connectivity index (χ2n) is 8.97. The minimum absolute atomic E-state index is 0.209. The van der Waals surface area contributed by atoms with Crippen LogP contribution >= 0.6 is 0 Å². The lowest BCUT2D eigenvalue weighted by molar-refractivity contribution is -0.139. The zero-order chi connectivity index (χ0) is 23.9. The quantitative estimate of drug-likeness (QED) is 0.272. The number of hydrogen-bond donors (Lipinski definition) is 5. The predicted molar refractivity (Wildman–Crippen MR) is 129 cm³/mol. The van der Waals surface area contributed by atoms with Crippen LogP contribution in [0.15, 0.2) is 30.3 Å². The smallest absolute Gasteiger partial charge is 0.326 e. The Morgan fingerprint density at radius 3 is 2.33 bits per heavy atom. The molecule has 1 unspecified atom stereocenters. The third kappa shape index (κ3) is 10.7. The molecule has 6 N–H and O–H groups in total. The van der Waals surface area contributed by atoms with Gasteiger partial charge in [-0.05, 0) is 56.6 Å². The summed E-state index contributed by atoms with van der Waals surface area (Å²) in [5.74, 6) is -0.908. The number of rotatable bonds is 14. The lowest BCUT2D eigenvalue weighted by atomic mass is 9.84. The first-order valence-corrected chi connectivity index (χ1v) is 12.3. The molecular weight excluding hydrogens is 420 g/mol. The van der Waals surface area contributed by atoms with Crippen LogP contribution in [0.3, 0.4) is 0 Å². The van der Waals surface area contributed by atoms with Gasteiger partial charge in [0.2, 0.25) is 5.91 Å². The number of hydrogen-bond acceptors (Lipinski definition) is 4. The van der Waals surface area contributed by atoms with Crippen molar-refractivity contribution in [3.63, 3.8) is 0 Å². The summed E-state index contributed by atoms with van der Waals surface area (Å²) < 4.78 is 0. The maximum atomic E-state index is 12.9. The highest BCUT2D eigenvalue weighted by Gasteiger charge is 2.27. The van der Waals surface area contributed by atoms with Gasteiger partial charge in [-0.3, -0.25) is 4.79 Å². The maximum Gasteiger partial charge on any atom is 0.326 e. The Kier molecular flexibility index (Phi) is 12.3. The fourth-order valence-electron chi connectivity index (χ4n) is 4.37. The number of benzene rings is 1. The van der Waals surface area contributed by atoms with Crippen molar-refractivity contribution in [2.75, 3.05) is 13.1 Å². The number of unbranched alkanes of at least 4 members (excludes halogenated alkanes) is 1. The molecule has 1 fully saturated rings. The fraction of sp³-hybridized carbons (Fsp3) is 0.640. The molecule has 1 saturated carbocycles. The van der Waals surface area contributed by atoms with Gasteiger partial charge in [0.1, 0.15) is 12.1 Å². The summed E-state index contributed by atoms with van der Waals surface area (Å²) >= 11 is 0. The topological polar surface area (TPSA) is 134 Å². The molecule has 0 saturated heterocycles. The molecule has 1 aromatic carbocycles. The van der Waals surface area contributed by atoms with Crippen molar-refractivity contribution in [1.29, 1.82) is 0 Å². The number of amides is 3. The molecule has 2 atom stereocenters. The third-order valence-electron chi connectivity index (χ3n) is 6.25. The standard InChI is InChI=1S/C25H40N4O4/c26-16-8-7-15-21(24(31)32)28-25(33)29-22(18-20-12-5-2-6-13-20)23(30)27-17-9-14-19-10-3-1-4-11-19/h1,3-4,10-11,20-22H,2,5-9,12-18,26H2,(H,27,30)(H,31,32)(H2,28,29,33)/t21?,22-/m1/s1. The molecule has 0 aromatic heterocycles. The number of carbonyl (C=O) groups is 3. The molecule has 8 nitrogen and oxygen atoms in total. The van der Waals surface area contributed by atoms with Crippen LogP contribution in [0, 0.1) is 5.92 Å². The second kappa shape index (κ2) is 15.3. The van der Waals surface area contributed by atoms with Gasteiger partial charge in [0.05, 0.1) is 0 Å². The number of aliphatic carboxylic acids is 1. The lowest BCUT2D eigenvalue weighted by Gasteiger charge is -2.27. The summed E-state index contributed by atoms with van der Waals surface area (Å²) in [6, 6.07) is 7.80. The van der Waals surface area contributed by atoms with E-state index in [4.69, 9.17) is 5.73 Å². The number of carboxylic acids is 1. The van der Waals surface area contributed by atoms with E-state index in [9.17, 15) is 19.5 Å². The van der Waals surface area contributed by atoms with Crippen molar-refractivity contribution in [3.8, 4) is 0 Å². The van der Waals surface area contributed by atoms with Crippen LogP contribution in [0.1, 0.15) is 69.8 Å². The molecule has 8 heteroatoms. The molecule has 0 bridgehead atoms. The van der Waals surface area contributed by atoms with Crippen LogP contribution in [0.2, 0.25) is 0 Å². The molecule has 1 aliphatic rings. The van der Waals surface area contributed by atoms with E-state index in [0.717, 1.165) is 38.5 Å². The summed E-state index contributed by atoms with van der Waals surface area (Å²) in [7, 11) is 0. The van der Waals surface area contributed by atoms with Gasteiger partial charge in [-0.2, -0.15) is 0 Å². The largest absolute Gasteiger partial charge is 0.480 e. The van der Waals surface area contributed by atoms with Crippen LogP contribution in [0.25, 0.3) is 0 Å². The van der Waals surface area contributed by atoms with Crippen LogP contribution in [-0.2, 0) is 16.0 Å². The van der Waals surface area contributed by atoms with E-state index in [2.05, 4.69) is 28.1 Å². The average Bonchev–Trinajstić information content (AvgIpc) is 2.82. The molecular formula is C25H40N4O4. The predicted octanol–water partition coefficient (Wildman–Crippen LogP) is 2.96. The highest BCUT2D eigenvalue weighted by atomic mass is 16.4. The first-order chi connectivity index (χ1) is 16.0. The van der Waals surface area contributed by atoms with E-state index < -0.39 is 24.1 Å². The van der Waals surface area contributed by atoms with E-state index in [1.807, 2.05) is 18.2 Å². The summed E-state index contributed by atoms with van der Waals surface area (Å²) in [4.78, 5) is 37.0. The zero-order valence-electron chi connectivity index (χ0n) is 19.6. The zero-order valence-corrected chi connectivity index (χ0v) is 19.6. The first-order valence-electron chi connectivity index (χ1n) is 12.3. The van der Waals surface area contributed by atoms with Crippen molar-refractivity contribution in [2.24, 2.45) is 11.7 Å². The molecule has 0 heterocycles. The second-order valence-corrected chi connectivity index (χ2v) is 8.97. The van der Waals surface area contributed by atoms with E-state index in [1.165, 1.54) is 12.0 Å². The average molecular weight is 461 g/mol. The monoisotopic (exact) mass is 460 g/mol. The number of urea groups is 1. The van der Waals surface area contributed by atoms with Gasteiger partial charge in [-0.15, -0.1) is 0 Å². The van der Waals surface area contributed by atoms with Crippen molar-refractivity contribution in [1.82, 2.24) is 16.0 Å². The molecule has 2 rings (SSSR count). The van der Waals surface area contributed by atoms with Crippen molar-refractivity contribution < 1.29 is 19.5 Å². The van der Waals surface area contributed by atoms with Crippen LogP contribution in [-0.4, -0.2) is 48.2 Å².